The average molecular weight is 360 g/mol. The monoisotopic (exact) mass is 360 g/mol. The number of benzene rings is 3. The number of hydrogen-bond donors (Lipinski definition) is 0. The highest BCUT2D eigenvalue weighted by Gasteiger charge is 2.17. The van der Waals surface area contributed by atoms with Gasteiger partial charge in [-0.2, -0.15) is 0 Å². The Hall–Kier alpha value is -3.39. The van der Waals surface area contributed by atoms with Crippen molar-refractivity contribution in [2.24, 2.45) is 0 Å². The Morgan fingerprint density at radius 3 is 2.07 bits per heavy atom. The summed E-state index contributed by atoms with van der Waals surface area (Å²) in [6.07, 6.45) is 0. The summed E-state index contributed by atoms with van der Waals surface area (Å²) in [6, 6.07) is 23.9. The first-order chi connectivity index (χ1) is 13.6. The number of para-hydroxylation sites is 1. The second-order valence-corrected chi connectivity index (χ2v) is 7.81. The summed E-state index contributed by atoms with van der Waals surface area (Å²) in [4.78, 5) is 5.12. The van der Waals surface area contributed by atoms with Crippen LogP contribution >= 0.6 is 0 Å². The molecule has 2 nitrogen and oxygen atoms in total. The van der Waals surface area contributed by atoms with Crippen molar-refractivity contribution in [3.8, 4) is 0 Å². The van der Waals surface area contributed by atoms with Crippen molar-refractivity contribution in [1.82, 2.24) is 9.38 Å². The van der Waals surface area contributed by atoms with Crippen LogP contribution in [0.3, 0.4) is 0 Å². The Morgan fingerprint density at radius 1 is 0.679 bits per heavy atom. The van der Waals surface area contributed by atoms with E-state index in [2.05, 4.69) is 91.9 Å². The predicted molar refractivity (Wildman–Crippen MR) is 119 cm³/mol. The van der Waals surface area contributed by atoms with Crippen molar-refractivity contribution in [2.75, 3.05) is 0 Å². The van der Waals surface area contributed by atoms with Crippen LogP contribution in [0.15, 0.2) is 66.7 Å². The molecular formula is C26H20N2. The van der Waals surface area contributed by atoms with Gasteiger partial charge < -0.3 is 4.40 Å². The van der Waals surface area contributed by atoms with E-state index in [9.17, 15) is 0 Å². The van der Waals surface area contributed by atoms with Gasteiger partial charge in [0.25, 0.3) is 0 Å². The lowest BCUT2D eigenvalue weighted by molar-refractivity contribution is 1.14. The number of fused-ring (bicyclic) bond motifs is 8. The van der Waals surface area contributed by atoms with Gasteiger partial charge in [0.05, 0.1) is 22.1 Å². The van der Waals surface area contributed by atoms with Crippen molar-refractivity contribution in [1.29, 1.82) is 0 Å². The summed E-state index contributed by atoms with van der Waals surface area (Å²) in [7, 11) is 0. The summed E-state index contributed by atoms with van der Waals surface area (Å²) in [5.74, 6) is 0. The third-order valence-corrected chi connectivity index (χ3v) is 6.36. The quantitative estimate of drug-likeness (QED) is 0.213. The molecule has 0 radical (unpaired) electrons. The smallest absolute Gasteiger partial charge is 0.0957 e. The lowest BCUT2D eigenvalue weighted by atomic mass is 10.0. The zero-order valence-electron chi connectivity index (χ0n) is 16.2. The zero-order valence-corrected chi connectivity index (χ0v) is 16.2. The molecule has 0 spiro atoms. The van der Waals surface area contributed by atoms with Crippen molar-refractivity contribution >= 4 is 49.0 Å². The molecule has 0 fully saturated rings. The van der Waals surface area contributed by atoms with Crippen molar-refractivity contribution < 1.29 is 0 Å². The fourth-order valence-corrected chi connectivity index (χ4v) is 4.68. The fourth-order valence-electron chi connectivity index (χ4n) is 4.68. The first kappa shape index (κ1) is 15.6. The maximum absolute atomic E-state index is 5.12. The van der Waals surface area contributed by atoms with Crippen molar-refractivity contribution in [3.05, 3.63) is 83.6 Å². The highest BCUT2D eigenvalue weighted by Crippen LogP contribution is 2.37. The first-order valence-electron chi connectivity index (χ1n) is 9.75. The minimum absolute atomic E-state index is 1.04. The number of hydrogen-bond acceptors (Lipinski definition) is 1. The largest absolute Gasteiger partial charge is 0.311 e. The first-order valence-corrected chi connectivity index (χ1v) is 9.75. The maximum Gasteiger partial charge on any atom is 0.0957 e. The van der Waals surface area contributed by atoms with Crippen LogP contribution < -0.4 is 0 Å². The van der Waals surface area contributed by atoms with Gasteiger partial charge in [-0.25, -0.2) is 4.98 Å². The van der Waals surface area contributed by atoms with Crippen LogP contribution in [-0.4, -0.2) is 9.38 Å². The molecule has 0 unspecified atom stereocenters. The summed E-state index contributed by atoms with van der Waals surface area (Å²) in [5.41, 5.74) is 8.62. The molecule has 0 atom stereocenters. The van der Waals surface area contributed by atoms with Crippen LogP contribution in [0.4, 0.5) is 0 Å². The molecule has 0 aliphatic carbocycles. The standard InChI is InChI=1S/C26H20N2/c1-15-16(2)26-22-13-19-9-5-4-8-18(19)12-21(22)25-24(28(26)17(15)3)14-20-10-6-7-11-23(20)27-25/h4-14H,1-3H3. The Kier molecular flexibility index (Phi) is 2.98. The number of nitrogens with zero attached hydrogens (tertiary/aromatic N) is 2. The summed E-state index contributed by atoms with van der Waals surface area (Å²) >= 11 is 0. The molecule has 134 valence electrons. The molecule has 28 heavy (non-hydrogen) atoms. The second kappa shape index (κ2) is 5.32. The predicted octanol–water partition coefficient (Wildman–Crippen LogP) is 6.87. The Morgan fingerprint density at radius 2 is 1.32 bits per heavy atom. The molecule has 2 heteroatoms. The molecule has 0 aliphatic heterocycles. The molecule has 3 heterocycles. The molecular weight excluding hydrogens is 340 g/mol. The van der Waals surface area contributed by atoms with Gasteiger partial charge in [-0.1, -0.05) is 42.5 Å². The van der Waals surface area contributed by atoms with Gasteiger partial charge >= 0.3 is 0 Å². The molecule has 6 aromatic rings. The number of aryl methyl sites for hydroxylation is 2. The molecule has 0 saturated heterocycles. The number of aromatic nitrogens is 2. The summed E-state index contributed by atoms with van der Waals surface area (Å²) in [6.45, 7) is 6.69. The van der Waals surface area contributed by atoms with Crippen LogP contribution in [0, 0.1) is 20.8 Å². The van der Waals surface area contributed by atoms with Crippen LogP contribution in [0.25, 0.3) is 49.0 Å². The van der Waals surface area contributed by atoms with Gasteiger partial charge in [-0.05, 0) is 66.9 Å². The zero-order chi connectivity index (χ0) is 19.0. The minimum Gasteiger partial charge on any atom is -0.311 e. The highest BCUT2D eigenvalue weighted by molar-refractivity contribution is 6.17. The van der Waals surface area contributed by atoms with Crippen LogP contribution in [-0.2, 0) is 0 Å². The highest BCUT2D eigenvalue weighted by atomic mass is 14.9. The van der Waals surface area contributed by atoms with E-state index in [0.29, 0.717) is 0 Å². The molecule has 0 amide bonds. The van der Waals surface area contributed by atoms with E-state index >= 15 is 0 Å². The van der Waals surface area contributed by atoms with Gasteiger partial charge in [0.1, 0.15) is 0 Å². The van der Waals surface area contributed by atoms with E-state index in [1.165, 1.54) is 54.8 Å². The SMILES string of the molecule is Cc1c(C)c2c3cc4ccccc4cc3c3nc4ccccc4cc3n2c1C. The Balaban J connectivity index is 2.01. The maximum atomic E-state index is 5.12. The molecule has 0 bridgehead atoms. The van der Waals surface area contributed by atoms with Gasteiger partial charge in [0.15, 0.2) is 0 Å². The molecule has 6 rings (SSSR count). The van der Waals surface area contributed by atoms with E-state index in [1.54, 1.807) is 0 Å². The van der Waals surface area contributed by atoms with E-state index in [4.69, 9.17) is 4.98 Å². The van der Waals surface area contributed by atoms with E-state index in [1.807, 2.05) is 0 Å². The number of pyridine rings is 2. The topological polar surface area (TPSA) is 17.3 Å². The lowest BCUT2D eigenvalue weighted by Crippen LogP contribution is -1.96. The van der Waals surface area contributed by atoms with Crippen molar-refractivity contribution in [2.45, 2.75) is 20.8 Å². The van der Waals surface area contributed by atoms with Gasteiger partial charge in [0.2, 0.25) is 0 Å². The van der Waals surface area contributed by atoms with Crippen LogP contribution in [0.1, 0.15) is 16.8 Å². The Labute approximate surface area is 163 Å². The molecule has 3 aromatic carbocycles. The van der Waals surface area contributed by atoms with Crippen LogP contribution in [0.2, 0.25) is 0 Å². The summed E-state index contributed by atoms with van der Waals surface area (Å²) < 4.78 is 2.41. The summed E-state index contributed by atoms with van der Waals surface area (Å²) in [5, 5.41) is 6.22. The third kappa shape index (κ3) is 1.90. The molecule has 0 aliphatic rings. The van der Waals surface area contributed by atoms with E-state index in [-0.39, 0.29) is 0 Å². The normalized spacial score (nSPS) is 12.1. The van der Waals surface area contributed by atoms with Gasteiger partial charge in [-0.3, -0.25) is 0 Å². The van der Waals surface area contributed by atoms with Crippen LogP contribution in [0.5, 0.6) is 0 Å². The average Bonchev–Trinajstić information content (AvgIpc) is 2.96. The second-order valence-electron chi connectivity index (χ2n) is 7.81. The molecule has 0 N–H and O–H groups in total. The lowest BCUT2D eigenvalue weighted by Gasteiger charge is -2.13. The van der Waals surface area contributed by atoms with Crippen molar-refractivity contribution in [3.63, 3.8) is 0 Å². The Bertz CT molecular complexity index is 1470. The van der Waals surface area contributed by atoms with E-state index in [0.717, 1.165) is 11.0 Å². The third-order valence-electron chi connectivity index (χ3n) is 6.36. The fraction of sp³-hybridized carbons (Fsp3) is 0.115. The van der Waals surface area contributed by atoms with Gasteiger partial charge in [-0.15, -0.1) is 0 Å². The molecule has 0 saturated carbocycles. The number of rotatable bonds is 0. The van der Waals surface area contributed by atoms with Gasteiger partial charge in [0, 0.05) is 21.9 Å². The minimum atomic E-state index is 1.04. The molecule has 3 aromatic heterocycles. The van der Waals surface area contributed by atoms with E-state index < -0.39 is 0 Å².